The summed E-state index contributed by atoms with van der Waals surface area (Å²) >= 11 is 0. The lowest BCUT2D eigenvalue weighted by Crippen LogP contribution is -2.27. The van der Waals surface area contributed by atoms with Crippen molar-refractivity contribution in [1.82, 2.24) is 0 Å². The summed E-state index contributed by atoms with van der Waals surface area (Å²) in [4.78, 5) is 34.4. The van der Waals surface area contributed by atoms with Gasteiger partial charge < -0.3 is 14.6 Å². The van der Waals surface area contributed by atoms with Crippen molar-refractivity contribution < 1.29 is 29.0 Å². The van der Waals surface area contributed by atoms with Gasteiger partial charge in [-0.1, -0.05) is 0 Å². The second-order valence-electron chi connectivity index (χ2n) is 6.25. The second kappa shape index (κ2) is 7.47. The number of rotatable bonds is 4. The van der Waals surface area contributed by atoms with Crippen LogP contribution in [0.3, 0.4) is 0 Å². The van der Waals surface area contributed by atoms with Crippen LogP contribution in [0, 0.1) is 19.8 Å². The van der Waals surface area contributed by atoms with Crippen LogP contribution in [0.15, 0.2) is 12.1 Å². The van der Waals surface area contributed by atoms with Crippen molar-refractivity contribution in [3.63, 3.8) is 0 Å². The van der Waals surface area contributed by atoms with Crippen LogP contribution in [0.25, 0.3) is 0 Å². The fraction of sp³-hybridized carbons (Fsp3) is 0.500. The summed E-state index contributed by atoms with van der Waals surface area (Å²) in [6, 6.07) is 3.27. The molecule has 24 heavy (non-hydrogen) atoms. The first-order chi connectivity index (χ1) is 11.3. The number of hydrogen-bond acceptors (Lipinski definition) is 5. The Hall–Kier alpha value is -2.37. The first-order valence-electron chi connectivity index (χ1n) is 8.01. The van der Waals surface area contributed by atoms with E-state index >= 15 is 0 Å². The third kappa shape index (κ3) is 4.34. The van der Waals surface area contributed by atoms with Crippen LogP contribution in [0.4, 0.5) is 0 Å². The molecule has 130 valence electrons. The molecular formula is C18H22O6. The highest BCUT2D eigenvalue weighted by molar-refractivity contribution is 5.90. The van der Waals surface area contributed by atoms with Crippen molar-refractivity contribution in [2.45, 2.75) is 52.6 Å². The zero-order chi connectivity index (χ0) is 17.9. The minimum absolute atomic E-state index is 0.248. The first kappa shape index (κ1) is 18.0. The van der Waals surface area contributed by atoms with E-state index < -0.39 is 17.9 Å². The van der Waals surface area contributed by atoms with Crippen LogP contribution < -0.4 is 4.74 Å². The fourth-order valence-electron chi connectivity index (χ4n) is 3.02. The molecule has 1 aromatic rings. The van der Waals surface area contributed by atoms with Crippen LogP contribution in [-0.2, 0) is 14.3 Å². The van der Waals surface area contributed by atoms with Crippen molar-refractivity contribution >= 4 is 17.9 Å². The van der Waals surface area contributed by atoms with E-state index in [0.29, 0.717) is 48.1 Å². The number of carbonyl (C=O) groups is 3. The van der Waals surface area contributed by atoms with Crippen LogP contribution in [0.1, 0.15) is 54.1 Å². The number of ether oxygens (including phenoxy) is 2. The lowest BCUT2D eigenvalue weighted by Gasteiger charge is -2.26. The smallest absolute Gasteiger partial charge is 0.338 e. The monoisotopic (exact) mass is 334 g/mol. The van der Waals surface area contributed by atoms with E-state index in [4.69, 9.17) is 14.6 Å². The highest BCUT2D eigenvalue weighted by atomic mass is 16.5. The van der Waals surface area contributed by atoms with Crippen molar-refractivity contribution in [2.75, 3.05) is 0 Å². The third-order valence-corrected chi connectivity index (χ3v) is 4.24. The summed E-state index contributed by atoms with van der Waals surface area (Å²) < 4.78 is 10.6. The number of esters is 2. The summed E-state index contributed by atoms with van der Waals surface area (Å²) in [6.07, 6.45) is 1.92. The third-order valence-electron chi connectivity index (χ3n) is 4.24. The van der Waals surface area contributed by atoms with Gasteiger partial charge in [0.25, 0.3) is 0 Å². The largest absolute Gasteiger partial charge is 0.481 e. The molecule has 0 saturated heterocycles. The summed E-state index contributed by atoms with van der Waals surface area (Å²) in [7, 11) is 0. The van der Waals surface area contributed by atoms with Gasteiger partial charge in [-0.05, 0) is 62.8 Å². The number of carboxylic acids is 1. The van der Waals surface area contributed by atoms with Crippen molar-refractivity contribution in [3.05, 3.63) is 28.8 Å². The average molecular weight is 334 g/mol. The predicted octanol–water partition coefficient (Wildman–Crippen LogP) is 3.03. The Labute approximate surface area is 140 Å². The minimum Gasteiger partial charge on any atom is -0.481 e. The molecule has 0 unspecified atom stereocenters. The van der Waals surface area contributed by atoms with Crippen molar-refractivity contribution in [2.24, 2.45) is 5.92 Å². The molecule has 0 spiro atoms. The van der Waals surface area contributed by atoms with Crippen LogP contribution in [0.5, 0.6) is 5.75 Å². The highest BCUT2D eigenvalue weighted by Crippen LogP contribution is 2.29. The SMILES string of the molecule is CC(=O)Oc1c(C)cc(C(=O)OC2CCC(C(=O)O)CC2)cc1C. The quantitative estimate of drug-likeness (QED) is 0.672. The maximum Gasteiger partial charge on any atom is 0.338 e. The normalized spacial score (nSPS) is 20.3. The predicted molar refractivity (Wildman–Crippen MR) is 86.0 cm³/mol. The van der Waals surface area contributed by atoms with E-state index in [1.54, 1.807) is 26.0 Å². The van der Waals surface area contributed by atoms with Gasteiger partial charge in [-0.3, -0.25) is 9.59 Å². The van der Waals surface area contributed by atoms with Crippen molar-refractivity contribution in [1.29, 1.82) is 0 Å². The van der Waals surface area contributed by atoms with E-state index in [9.17, 15) is 14.4 Å². The average Bonchev–Trinajstić information content (AvgIpc) is 2.51. The van der Waals surface area contributed by atoms with Gasteiger partial charge in [0.05, 0.1) is 11.5 Å². The van der Waals surface area contributed by atoms with Crippen LogP contribution in [-0.4, -0.2) is 29.1 Å². The Morgan fingerprint density at radius 3 is 2.04 bits per heavy atom. The van der Waals surface area contributed by atoms with Gasteiger partial charge in [0.1, 0.15) is 11.9 Å². The van der Waals surface area contributed by atoms with Gasteiger partial charge in [-0.15, -0.1) is 0 Å². The van der Waals surface area contributed by atoms with Crippen molar-refractivity contribution in [3.8, 4) is 5.75 Å². The molecule has 0 atom stereocenters. The molecule has 0 bridgehead atoms. The molecule has 1 N–H and O–H groups in total. The Kier molecular flexibility index (Phi) is 5.59. The van der Waals surface area contributed by atoms with E-state index in [2.05, 4.69) is 0 Å². The van der Waals surface area contributed by atoms with Gasteiger partial charge in [-0.25, -0.2) is 4.79 Å². The lowest BCUT2D eigenvalue weighted by molar-refractivity contribution is -0.143. The molecule has 6 nitrogen and oxygen atoms in total. The molecule has 6 heteroatoms. The summed E-state index contributed by atoms with van der Waals surface area (Å²) in [5.41, 5.74) is 1.78. The second-order valence-corrected chi connectivity index (χ2v) is 6.25. The lowest BCUT2D eigenvalue weighted by atomic mass is 9.87. The van der Waals surface area contributed by atoms with Crippen LogP contribution in [0.2, 0.25) is 0 Å². The first-order valence-corrected chi connectivity index (χ1v) is 8.01. The molecule has 1 aromatic carbocycles. The standard InChI is InChI=1S/C18H22O6/c1-10-8-14(9-11(2)16(10)23-12(3)19)18(22)24-15-6-4-13(5-7-15)17(20)21/h8-9,13,15H,4-7H2,1-3H3,(H,20,21). The molecule has 0 amide bonds. The minimum atomic E-state index is -0.785. The van der Waals surface area contributed by atoms with Crippen LogP contribution >= 0.6 is 0 Å². The number of hydrogen-bond donors (Lipinski definition) is 1. The molecule has 1 fully saturated rings. The molecule has 0 aromatic heterocycles. The molecule has 1 saturated carbocycles. The molecular weight excluding hydrogens is 312 g/mol. The van der Waals surface area contributed by atoms with E-state index in [1.807, 2.05) is 0 Å². The summed E-state index contributed by atoms with van der Waals surface area (Å²) in [5, 5.41) is 8.99. The van der Waals surface area contributed by atoms with Gasteiger partial charge in [0.15, 0.2) is 0 Å². The Balaban J connectivity index is 2.03. The number of aliphatic carboxylic acids is 1. The summed E-state index contributed by atoms with van der Waals surface area (Å²) in [6.45, 7) is 4.86. The van der Waals surface area contributed by atoms with E-state index in [-0.39, 0.29) is 12.0 Å². The fourth-order valence-corrected chi connectivity index (χ4v) is 3.02. The molecule has 0 radical (unpaired) electrons. The molecule has 0 heterocycles. The topological polar surface area (TPSA) is 89.9 Å². The number of carboxylic acid groups (broad SMARTS) is 1. The van der Waals surface area contributed by atoms with E-state index in [1.165, 1.54) is 6.92 Å². The number of carbonyl (C=O) groups excluding carboxylic acids is 2. The zero-order valence-corrected chi connectivity index (χ0v) is 14.1. The molecule has 2 rings (SSSR count). The molecule has 1 aliphatic carbocycles. The molecule has 1 aliphatic rings. The highest BCUT2D eigenvalue weighted by Gasteiger charge is 2.28. The maximum atomic E-state index is 12.3. The Bertz CT molecular complexity index is 632. The zero-order valence-electron chi connectivity index (χ0n) is 14.1. The van der Waals surface area contributed by atoms with Gasteiger partial charge in [-0.2, -0.15) is 0 Å². The number of benzene rings is 1. The summed E-state index contributed by atoms with van der Waals surface area (Å²) in [5.74, 6) is -1.51. The van der Waals surface area contributed by atoms with Gasteiger partial charge >= 0.3 is 17.9 Å². The maximum absolute atomic E-state index is 12.3. The molecule has 0 aliphatic heterocycles. The van der Waals surface area contributed by atoms with E-state index in [0.717, 1.165) is 0 Å². The Morgan fingerprint density at radius 2 is 1.58 bits per heavy atom. The van der Waals surface area contributed by atoms with Gasteiger partial charge in [0, 0.05) is 6.92 Å². The number of aryl methyl sites for hydroxylation is 2. The Morgan fingerprint density at radius 1 is 1.04 bits per heavy atom. The van der Waals surface area contributed by atoms with Gasteiger partial charge in [0.2, 0.25) is 0 Å².